The maximum Gasteiger partial charge on any atom is 0.274 e. The van der Waals surface area contributed by atoms with Crippen LogP contribution in [-0.4, -0.2) is 30.9 Å². The molecule has 0 radical (unpaired) electrons. The van der Waals surface area contributed by atoms with Gasteiger partial charge in [0, 0.05) is 0 Å². The summed E-state index contributed by atoms with van der Waals surface area (Å²) in [6.45, 7) is 9.23. The molecule has 5 heteroatoms. The third-order valence-electron chi connectivity index (χ3n) is 1.97. The summed E-state index contributed by atoms with van der Waals surface area (Å²) < 4.78 is 3.77. The summed E-state index contributed by atoms with van der Waals surface area (Å²) in [5.74, 6) is 0. The summed E-state index contributed by atoms with van der Waals surface area (Å²) in [5, 5.41) is 0. The van der Waals surface area contributed by atoms with Crippen molar-refractivity contribution in [3.63, 3.8) is 0 Å². The fourth-order valence-corrected chi connectivity index (χ4v) is 9.12. The predicted molar refractivity (Wildman–Crippen MR) is 60.8 cm³/mol. The minimum absolute atomic E-state index is 1.17. The third-order valence-corrected chi connectivity index (χ3v) is 9.45. The summed E-state index contributed by atoms with van der Waals surface area (Å²) in [4.78, 5) is 6.85. The van der Waals surface area contributed by atoms with Crippen LogP contribution < -0.4 is 14.6 Å². The van der Waals surface area contributed by atoms with E-state index in [1.807, 2.05) is 14.1 Å². The van der Waals surface area contributed by atoms with Crippen molar-refractivity contribution in [1.29, 1.82) is 0 Å². The fraction of sp³-hybridized carbons (Fsp3) is 1.00. The summed E-state index contributed by atoms with van der Waals surface area (Å²) in [6, 6.07) is 1.17. The van der Waals surface area contributed by atoms with Crippen LogP contribution in [0.15, 0.2) is 0 Å². The molecule has 0 atom stereocenters. The lowest BCUT2D eigenvalue weighted by atomic mass is 11.0. The van der Waals surface area contributed by atoms with E-state index in [0.29, 0.717) is 0 Å². The molecule has 0 aromatic carbocycles. The molecule has 0 heterocycles. The molecule has 0 aliphatic heterocycles. The number of hydrogen-bond acceptors (Lipinski definition) is 3. The SMILES string of the molecule is CC[Si](NC)(NC)N[Si](C)(C)C. The molecule has 0 aromatic rings. The van der Waals surface area contributed by atoms with Gasteiger partial charge in [-0.1, -0.05) is 26.6 Å². The molecule has 0 unspecified atom stereocenters. The molecule has 0 amide bonds. The first-order valence-electron chi connectivity index (χ1n) is 4.56. The topological polar surface area (TPSA) is 36.1 Å². The van der Waals surface area contributed by atoms with Gasteiger partial charge in [0.2, 0.25) is 0 Å². The van der Waals surface area contributed by atoms with Crippen molar-refractivity contribution in [1.82, 2.24) is 14.6 Å². The highest BCUT2D eigenvalue weighted by Crippen LogP contribution is 2.02. The number of hydrogen-bond donors (Lipinski definition) is 3. The number of nitrogens with one attached hydrogen (secondary N) is 3. The molecule has 0 saturated carbocycles. The van der Waals surface area contributed by atoms with Gasteiger partial charge in [-0.25, -0.2) is 0 Å². The monoisotopic (exact) mass is 205 g/mol. The molecule has 12 heavy (non-hydrogen) atoms. The summed E-state index contributed by atoms with van der Waals surface area (Å²) in [7, 11) is 1.37. The van der Waals surface area contributed by atoms with Gasteiger partial charge in [0.05, 0.1) is 0 Å². The second-order valence-electron chi connectivity index (χ2n) is 4.13. The Kier molecular flexibility index (Phi) is 4.64. The van der Waals surface area contributed by atoms with Crippen LogP contribution in [0.25, 0.3) is 0 Å². The molecular formula is C7H23N3Si2. The van der Waals surface area contributed by atoms with Crippen molar-refractivity contribution in [3.8, 4) is 0 Å². The summed E-state index contributed by atoms with van der Waals surface area (Å²) in [6.07, 6.45) is 0. The molecule has 0 rings (SSSR count). The van der Waals surface area contributed by atoms with Crippen molar-refractivity contribution in [2.75, 3.05) is 14.1 Å². The molecule has 0 aromatic heterocycles. The zero-order chi connectivity index (χ0) is 9.83. The first-order chi connectivity index (χ1) is 5.39. The average molecular weight is 205 g/mol. The van der Waals surface area contributed by atoms with Gasteiger partial charge in [-0.2, -0.15) is 0 Å². The maximum atomic E-state index is 3.77. The lowest BCUT2D eigenvalue weighted by Gasteiger charge is -2.35. The van der Waals surface area contributed by atoms with Gasteiger partial charge in [0.1, 0.15) is 8.24 Å². The van der Waals surface area contributed by atoms with Crippen molar-refractivity contribution in [3.05, 3.63) is 0 Å². The van der Waals surface area contributed by atoms with E-state index < -0.39 is 16.8 Å². The Morgan fingerprint density at radius 3 is 1.50 bits per heavy atom. The van der Waals surface area contributed by atoms with Crippen LogP contribution in [0.5, 0.6) is 0 Å². The van der Waals surface area contributed by atoms with Crippen LogP contribution in [0.1, 0.15) is 6.92 Å². The van der Waals surface area contributed by atoms with Crippen molar-refractivity contribution in [2.24, 2.45) is 0 Å². The van der Waals surface area contributed by atoms with Crippen molar-refractivity contribution >= 4 is 16.8 Å². The molecule has 0 bridgehead atoms. The lowest BCUT2D eigenvalue weighted by Crippen LogP contribution is -2.75. The Morgan fingerprint density at radius 2 is 1.42 bits per heavy atom. The van der Waals surface area contributed by atoms with E-state index in [1.54, 1.807) is 0 Å². The largest absolute Gasteiger partial charge is 0.335 e. The molecule has 74 valence electrons. The smallest absolute Gasteiger partial charge is 0.274 e. The Hall–Kier alpha value is 0.314. The molecule has 3 nitrogen and oxygen atoms in total. The van der Waals surface area contributed by atoms with E-state index in [2.05, 4.69) is 41.2 Å². The molecule has 0 aliphatic rings. The fourth-order valence-electron chi connectivity index (χ4n) is 1.33. The van der Waals surface area contributed by atoms with Gasteiger partial charge in [-0.3, -0.25) is 0 Å². The quantitative estimate of drug-likeness (QED) is 0.581. The molecule has 0 spiro atoms. The summed E-state index contributed by atoms with van der Waals surface area (Å²) >= 11 is 0. The highest BCUT2D eigenvalue weighted by atomic mass is 28.4. The maximum absolute atomic E-state index is 3.77. The van der Waals surface area contributed by atoms with Crippen LogP contribution in [0.3, 0.4) is 0 Å². The van der Waals surface area contributed by atoms with E-state index in [4.69, 9.17) is 0 Å². The average Bonchev–Trinajstić information content (AvgIpc) is 1.99. The van der Waals surface area contributed by atoms with Crippen LogP contribution in [0.2, 0.25) is 25.7 Å². The standard InChI is InChI=1S/C7H23N3Si2/c1-7-12(8-2,9-3)10-11(4,5)6/h8-10H,7H2,1-6H3. The normalized spacial score (nSPS) is 13.5. The van der Waals surface area contributed by atoms with E-state index in [9.17, 15) is 0 Å². The second kappa shape index (κ2) is 4.52. The van der Waals surface area contributed by atoms with E-state index in [-0.39, 0.29) is 0 Å². The highest BCUT2D eigenvalue weighted by molar-refractivity contribution is 6.89. The Morgan fingerprint density at radius 1 is 1.00 bits per heavy atom. The van der Waals surface area contributed by atoms with E-state index >= 15 is 0 Å². The third kappa shape index (κ3) is 3.82. The zero-order valence-electron chi connectivity index (χ0n) is 9.21. The van der Waals surface area contributed by atoms with Crippen LogP contribution in [0, 0.1) is 0 Å². The highest BCUT2D eigenvalue weighted by Gasteiger charge is 2.33. The molecule has 0 saturated heterocycles. The van der Waals surface area contributed by atoms with Gasteiger partial charge in [0.15, 0.2) is 0 Å². The number of rotatable bonds is 5. The molecular weight excluding hydrogens is 182 g/mol. The van der Waals surface area contributed by atoms with Crippen molar-refractivity contribution < 1.29 is 0 Å². The van der Waals surface area contributed by atoms with Gasteiger partial charge in [-0.15, -0.1) is 0 Å². The zero-order valence-corrected chi connectivity index (χ0v) is 11.2. The van der Waals surface area contributed by atoms with Crippen LogP contribution in [-0.2, 0) is 0 Å². The first-order valence-corrected chi connectivity index (χ1v) is 10.3. The first kappa shape index (κ1) is 12.3. The minimum atomic E-state index is -1.54. The predicted octanol–water partition coefficient (Wildman–Crippen LogP) is 0.808. The Labute approximate surface area is 78.7 Å². The van der Waals surface area contributed by atoms with Gasteiger partial charge in [-0.05, 0) is 20.1 Å². The van der Waals surface area contributed by atoms with Gasteiger partial charge < -0.3 is 14.6 Å². The molecule has 0 fully saturated rings. The minimum Gasteiger partial charge on any atom is -0.335 e. The molecule has 3 N–H and O–H groups in total. The Bertz CT molecular complexity index is 121. The molecule has 0 aliphatic carbocycles. The Balaban J connectivity index is 4.30. The van der Waals surface area contributed by atoms with E-state index in [0.717, 1.165) is 0 Å². The van der Waals surface area contributed by atoms with Crippen LogP contribution in [0.4, 0.5) is 0 Å². The lowest BCUT2D eigenvalue weighted by molar-refractivity contribution is 0.928. The summed E-state index contributed by atoms with van der Waals surface area (Å²) in [5.41, 5.74) is 0. The van der Waals surface area contributed by atoms with Gasteiger partial charge in [0.25, 0.3) is 8.56 Å². The van der Waals surface area contributed by atoms with Crippen molar-refractivity contribution in [2.45, 2.75) is 32.6 Å². The van der Waals surface area contributed by atoms with Gasteiger partial charge >= 0.3 is 0 Å². The van der Waals surface area contributed by atoms with E-state index in [1.165, 1.54) is 6.04 Å². The second-order valence-corrected chi connectivity index (χ2v) is 13.2. The van der Waals surface area contributed by atoms with Crippen LogP contribution >= 0.6 is 0 Å².